The molecule has 1 fully saturated rings. The highest BCUT2D eigenvalue weighted by molar-refractivity contribution is 5.25. The first-order valence-electron chi connectivity index (χ1n) is 5.99. The summed E-state index contributed by atoms with van der Waals surface area (Å²) in [5.41, 5.74) is 0.566. The highest BCUT2D eigenvalue weighted by Gasteiger charge is 2.30. The average Bonchev–Trinajstić information content (AvgIpc) is 2.23. The Morgan fingerprint density at radius 3 is 2.29 bits per heavy atom. The molecular weight excluding hydrogens is 227 g/mol. The fourth-order valence-electron chi connectivity index (χ4n) is 2.22. The standard InChI is InChI=1S/C13H16F3N/c1-2-3-17-10-4-8(5-10)9-6-11(14)13(16)12(15)7-9/h6-8,10,17H,2-5H2,1H3. The molecule has 94 valence electrons. The van der Waals surface area contributed by atoms with Gasteiger partial charge in [0.05, 0.1) is 0 Å². The highest BCUT2D eigenvalue weighted by Crippen LogP contribution is 2.37. The van der Waals surface area contributed by atoms with Crippen LogP contribution in [0.3, 0.4) is 0 Å². The van der Waals surface area contributed by atoms with Gasteiger partial charge in [0, 0.05) is 6.04 Å². The van der Waals surface area contributed by atoms with Crippen molar-refractivity contribution in [2.45, 2.75) is 38.1 Å². The van der Waals surface area contributed by atoms with E-state index in [9.17, 15) is 13.2 Å². The fourth-order valence-corrected chi connectivity index (χ4v) is 2.22. The Kier molecular flexibility index (Phi) is 3.72. The number of nitrogens with one attached hydrogen (secondary N) is 1. The molecule has 0 aliphatic heterocycles. The molecule has 0 spiro atoms. The second kappa shape index (κ2) is 5.08. The van der Waals surface area contributed by atoms with Crippen molar-refractivity contribution in [3.63, 3.8) is 0 Å². The Bertz CT molecular complexity index is 377. The summed E-state index contributed by atoms with van der Waals surface area (Å²) < 4.78 is 38.8. The molecule has 1 saturated carbocycles. The third-order valence-electron chi connectivity index (χ3n) is 3.30. The lowest BCUT2D eigenvalue weighted by atomic mass is 9.76. The van der Waals surface area contributed by atoms with Crippen LogP contribution in [0, 0.1) is 17.5 Å². The average molecular weight is 243 g/mol. The van der Waals surface area contributed by atoms with Crippen molar-refractivity contribution in [3.8, 4) is 0 Å². The normalized spacial score (nSPS) is 23.5. The van der Waals surface area contributed by atoms with E-state index in [0.717, 1.165) is 37.9 Å². The maximum atomic E-state index is 13.0. The van der Waals surface area contributed by atoms with Crippen molar-refractivity contribution in [3.05, 3.63) is 35.1 Å². The molecule has 0 radical (unpaired) electrons. The quantitative estimate of drug-likeness (QED) is 0.800. The van der Waals surface area contributed by atoms with E-state index in [-0.39, 0.29) is 5.92 Å². The lowest BCUT2D eigenvalue weighted by Crippen LogP contribution is -2.40. The summed E-state index contributed by atoms with van der Waals surface area (Å²) in [6.45, 7) is 3.05. The number of rotatable bonds is 4. The largest absolute Gasteiger partial charge is 0.314 e. The molecule has 0 aromatic heterocycles. The molecule has 1 aliphatic carbocycles. The smallest absolute Gasteiger partial charge is 0.194 e. The summed E-state index contributed by atoms with van der Waals surface area (Å²) in [5, 5.41) is 3.35. The number of hydrogen-bond donors (Lipinski definition) is 1. The SMILES string of the molecule is CCCNC1CC(c2cc(F)c(F)c(F)c2)C1. The van der Waals surface area contributed by atoms with E-state index in [1.165, 1.54) is 0 Å². The van der Waals surface area contributed by atoms with Crippen molar-refractivity contribution in [2.75, 3.05) is 6.54 Å². The van der Waals surface area contributed by atoms with Gasteiger partial charge in [-0.1, -0.05) is 6.92 Å². The van der Waals surface area contributed by atoms with Crippen LogP contribution in [0.4, 0.5) is 13.2 Å². The van der Waals surface area contributed by atoms with E-state index in [1.54, 1.807) is 0 Å². The number of halogens is 3. The van der Waals surface area contributed by atoms with E-state index in [0.29, 0.717) is 11.6 Å². The first kappa shape index (κ1) is 12.4. The Morgan fingerprint density at radius 1 is 1.18 bits per heavy atom. The van der Waals surface area contributed by atoms with Gasteiger partial charge in [-0.25, -0.2) is 13.2 Å². The lowest BCUT2D eigenvalue weighted by Gasteiger charge is -2.36. The molecule has 1 aromatic rings. The van der Waals surface area contributed by atoms with Crippen molar-refractivity contribution in [2.24, 2.45) is 0 Å². The van der Waals surface area contributed by atoms with Gasteiger partial charge in [0.1, 0.15) is 0 Å². The van der Waals surface area contributed by atoms with Gasteiger partial charge in [-0.15, -0.1) is 0 Å². The fraction of sp³-hybridized carbons (Fsp3) is 0.538. The molecule has 1 aliphatic rings. The minimum Gasteiger partial charge on any atom is -0.314 e. The molecule has 0 amide bonds. The molecule has 0 unspecified atom stereocenters. The highest BCUT2D eigenvalue weighted by atomic mass is 19.2. The van der Waals surface area contributed by atoms with Crippen molar-refractivity contribution < 1.29 is 13.2 Å². The van der Waals surface area contributed by atoms with Gasteiger partial charge >= 0.3 is 0 Å². The minimum absolute atomic E-state index is 0.147. The predicted octanol–water partition coefficient (Wildman–Crippen LogP) is 3.35. The topological polar surface area (TPSA) is 12.0 Å². The Morgan fingerprint density at radius 2 is 1.76 bits per heavy atom. The van der Waals surface area contributed by atoms with E-state index in [1.807, 2.05) is 0 Å². The third kappa shape index (κ3) is 2.63. The zero-order valence-corrected chi connectivity index (χ0v) is 9.77. The molecular formula is C13H16F3N. The molecule has 1 nitrogen and oxygen atoms in total. The second-order valence-corrected chi connectivity index (χ2v) is 4.62. The Balaban J connectivity index is 1.97. The predicted molar refractivity (Wildman–Crippen MR) is 60.4 cm³/mol. The molecule has 0 saturated heterocycles. The summed E-state index contributed by atoms with van der Waals surface area (Å²) in [4.78, 5) is 0. The molecule has 0 bridgehead atoms. The van der Waals surface area contributed by atoms with Crippen LogP contribution in [0.2, 0.25) is 0 Å². The van der Waals surface area contributed by atoms with Gasteiger partial charge in [-0.3, -0.25) is 0 Å². The van der Waals surface area contributed by atoms with Gasteiger partial charge in [0.2, 0.25) is 0 Å². The maximum Gasteiger partial charge on any atom is 0.194 e. The Hall–Kier alpha value is -1.03. The molecule has 17 heavy (non-hydrogen) atoms. The van der Waals surface area contributed by atoms with E-state index < -0.39 is 17.5 Å². The zero-order chi connectivity index (χ0) is 12.4. The maximum absolute atomic E-state index is 13.0. The number of benzene rings is 1. The van der Waals surface area contributed by atoms with E-state index in [2.05, 4.69) is 12.2 Å². The summed E-state index contributed by atoms with van der Waals surface area (Å²) in [5.74, 6) is -3.42. The van der Waals surface area contributed by atoms with Crippen LogP contribution in [0.15, 0.2) is 12.1 Å². The van der Waals surface area contributed by atoms with Crippen LogP contribution in [-0.2, 0) is 0 Å². The summed E-state index contributed by atoms with van der Waals surface area (Å²) in [7, 11) is 0. The molecule has 1 aromatic carbocycles. The van der Waals surface area contributed by atoms with Gasteiger partial charge in [-0.2, -0.15) is 0 Å². The van der Waals surface area contributed by atoms with Crippen molar-refractivity contribution in [1.29, 1.82) is 0 Å². The third-order valence-corrected chi connectivity index (χ3v) is 3.30. The van der Waals surface area contributed by atoms with Crippen LogP contribution in [-0.4, -0.2) is 12.6 Å². The summed E-state index contributed by atoms with van der Waals surface area (Å²) >= 11 is 0. The van der Waals surface area contributed by atoms with Crippen molar-refractivity contribution in [1.82, 2.24) is 5.32 Å². The van der Waals surface area contributed by atoms with Crippen LogP contribution in [0.5, 0.6) is 0 Å². The lowest BCUT2D eigenvalue weighted by molar-refractivity contribution is 0.290. The van der Waals surface area contributed by atoms with Gasteiger partial charge < -0.3 is 5.32 Å². The van der Waals surface area contributed by atoms with Gasteiger partial charge in [0.15, 0.2) is 17.5 Å². The van der Waals surface area contributed by atoms with Crippen LogP contribution in [0.25, 0.3) is 0 Å². The summed E-state index contributed by atoms with van der Waals surface area (Å²) in [6.07, 6.45) is 2.80. The first-order chi connectivity index (χ1) is 8.11. The van der Waals surface area contributed by atoms with E-state index in [4.69, 9.17) is 0 Å². The van der Waals surface area contributed by atoms with Crippen molar-refractivity contribution >= 4 is 0 Å². The summed E-state index contributed by atoms with van der Waals surface area (Å²) in [6, 6.07) is 2.65. The number of hydrogen-bond acceptors (Lipinski definition) is 1. The first-order valence-corrected chi connectivity index (χ1v) is 5.99. The van der Waals surface area contributed by atoms with E-state index >= 15 is 0 Å². The molecule has 1 N–H and O–H groups in total. The minimum atomic E-state index is -1.38. The van der Waals surface area contributed by atoms with Gasteiger partial charge in [0.25, 0.3) is 0 Å². The monoisotopic (exact) mass is 243 g/mol. The zero-order valence-electron chi connectivity index (χ0n) is 9.77. The molecule has 0 heterocycles. The van der Waals surface area contributed by atoms with Crippen LogP contribution < -0.4 is 5.32 Å². The molecule has 2 rings (SSSR count). The molecule has 0 atom stereocenters. The van der Waals surface area contributed by atoms with Gasteiger partial charge in [-0.05, 0) is 49.4 Å². The second-order valence-electron chi connectivity index (χ2n) is 4.62. The Labute approximate surface area is 99.0 Å². The van der Waals surface area contributed by atoms with Crippen LogP contribution in [0.1, 0.15) is 37.7 Å². The van der Waals surface area contributed by atoms with Crippen LogP contribution >= 0.6 is 0 Å². The molecule has 4 heteroatoms.